The van der Waals surface area contributed by atoms with Crippen molar-refractivity contribution < 1.29 is 19.4 Å². The fourth-order valence-corrected chi connectivity index (χ4v) is 4.31. The molecule has 0 amide bonds. The minimum Gasteiger partial charge on any atom is -0.396 e. The second-order valence-corrected chi connectivity index (χ2v) is 8.18. The molecule has 1 N–H and O–H groups in total. The third-order valence-electron chi connectivity index (χ3n) is 6.37. The number of aliphatic hydroxyl groups is 1. The van der Waals surface area contributed by atoms with Gasteiger partial charge in [-0.15, -0.1) is 0 Å². The van der Waals surface area contributed by atoms with Gasteiger partial charge in [0.25, 0.3) is 0 Å². The summed E-state index contributed by atoms with van der Waals surface area (Å²) >= 11 is 0. The molecular formula is C22H38O4. The summed E-state index contributed by atoms with van der Waals surface area (Å²) in [4.78, 5) is 25.0. The fourth-order valence-electron chi connectivity index (χ4n) is 4.31. The minimum atomic E-state index is -0.480. The van der Waals surface area contributed by atoms with Gasteiger partial charge in [-0.3, -0.25) is 9.59 Å². The number of aliphatic hydroxyl groups excluding tert-OH is 1. The third-order valence-corrected chi connectivity index (χ3v) is 6.37. The summed E-state index contributed by atoms with van der Waals surface area (Å²) in [6.07, 6.45) is 5.85. The van der Waals surface area contributed by atoms with Crippen LogP contribution in [0.3, 0.4) is 0 Å². The van der Waals surface area contributed by atoms with Crippen LogP contribution in [0.5, 0.6) is 0 Å². The molecule has 0 saturated carbocycles. The molecule has 4 heteroatoms. The van der Waals surface area contributed by atoms with Gasteiger partial charge >= 0.3 is 0 Å². The van der Waals surface area contributed by atoms with Gasteiger partial charge in [0.2, 0.25) is 0 Å². The third kappa shape index (κ3) is 5.04. The van der Waals surface area contributed by atoms with E-state index in [1.165, 1.54) is 0 Å². The molecule has 1 heterocycles. The zero-order chi connectivity index (χ0) is 20.1. The Balaban J connectivity index is 2.88. The van der Waals surface area contributed by atoms with Crippen LogP contribution in [0.2, 0.25) is 0 Å². The van der Waals surface area contributed by atoms with Crippen molar-refractivity contribution in [3.8, 4) is 0 Å². The van der Waals surface area contributed by atoms with E-state index in [0.29, 0.717) is 25.2 Å². The number of ether oxygens (including phenoxy) is 1. The maximum atomic E-state index is 13.2. The highest BCUT2D eigenvalue weighted by Crippen LogP contribution is 2.50. The van der Waals surface area contributed by atoms with E-state index in [0.717, 1.165) is 0 Å². The highest BCUT2D eigenvalue weighted by molar-refractivity contribution is 5.85. The van der Waals surface area contributed by atoms with Crippen LogP contribution in [0.1, 0.15) is 67.7 Å². The minimum absolute atomic E-state index is 0.0702. The zero-order valence-electron chi connectivity index (χ0n) is 17.6. The molecule has 1 aliphatic rings. The molecule has 1 rings (SSSR count). The Bertz CT molecular complexity index is 512. The number of allylic oxidation sites excluding steroid dienone is 1. The summed E-state index contributed by atoms with van der Waals surface area (Å²) in [6, 6.07) is 0. The lowest BCUT2D eigenvalue weighted by molar-refractivity contribution is -0.133. The van der Waals surface area contributed by atoms with Crippen LogP contribution < -0.4 is 0 Å². The average molecular weight is 367 g/mol. The van der Waals surface area contributed by atoms with Crippen molar-refractivity contribution in [2.75, 3.05) is 6.61 Å². The summed E-state index contributed by atoms with van der Waals surface area (Å²) in [5, 5.41) is 9.83. The lowest BCUT2D eigenvalue weighted by Crippen LogP contribution is -2.39. The van der Waals surface area contributed by atoms with E-state index >= 15 is 0 Å². The van der Waals surface area contributed by atoms with Crippen LogP contribution in [0, 0.1) is 29.6 Å². The Morgan fingerprint density at radius 2 is 1.81 bits per heavy atom. The maximum absolute atomic E-state index is 13.2. The van der Waals surface area contributed by atoms with Gasteiger partial charge < -0.3 is 9.84 Å². The normalized spacial score (nSPS) is 28.4. The van der Waals surface area contributed by atoms with Crippen molar-refractivity contribution in [2.45, 2.75) is 79.4 Å². The molecule has 4 nitrogen and oxygen atoms in total. The van der Waals surface area contributed by atoms with Crippen molar-refractivity contribution in [2.24, 2.45) is 29.6 Å². The van der Waals surface area contributed by atoms with Gasteiger partial charge in [-0.2, -0.15) is 0 Å². The van der Waals surface area contributed by atoms with Crippen LogP contribution in [0.4, 0.5) is 0 Å². The maximum Gasteiger partial charge on any atom is 0.141 e. The predicted molar refractivity (Wildman–Crippen MR) is 105 cm³/mol. The molecule has 0 bridgehead atoms. The van der Waals surface area contributed by atoms with Crippen LogP contribution in [-0.2, 0) is 14.3 Å². The van der Waals surface area contributed by atoms with Gasteiger partial charge in [0, 0.05) is 30.6 Å². The van der Waals surface area contributed by atoms with Gasteiger partial charge in [-0.1, -0.05) is 46.8 Å². The lowest BCUT2D eigenvalue weighted by Gasteiger charge is -2.31. The van der Waals surface area contributed by atoms with Gasteiger partial charge in [0.05, 0.1) is 18.3 Å². The standard InChI is InChI=1S/C22H38O4/c1-8-11-14(4)21-22(7,26-21)16(6)18(10-3)20(25)19(13-23)15(5)12-17(24)9-2/h8,11,14-16,18-19,21,23H,9-10,12-13H2,1-7H3/b11-8-. The molecule has 0 aromatic rings. The second kappa shape index (κ2) is 9.80. The number of hydrogen-bond donors (Lipinski definition) is 1. The van der Waals surface area contributed by atoms with Gasteiger partial charge in [0.1, 0.15) is 11.6 Å². The first-order chi connectivity index (χ1) is 12.2. The van der Waals surface area contributed by atoms with E-state index in [1.807, 2.05) is 33.8 Å². The predicted octanol–water partition coefficient (Wildman–Crippen LogP) is 4.20. The van der Waals surface area contributed by atoms with Gasteiger partial charge in [-0.05, 0) is 32.1 Å². The Hall–Kier alpha value is -1.00. The summed E-state index contributed by atoms with van der Waals surface area (Å²) in [6.45, 7) is 13.9. The van der Waals surface area contributed by atoms with Crippen LogP contribution in [-0.4, -0.2) is 35.0 Å². The Labute approximate surface area is 159 Å². The van der Waals surface area contributed by atoms with E-state index in [1.54, 1.807) is 0 Å². The van der Waals surface area contributed by atoms with E-state index < -0.39 is 5.92 Å². The number of carbonyl (C=O) groups excluding carboxylic acids is 2. The van der Waals surface area contributed by atoms with Crippen molar-refractivity contribution in [1.82, 2.24) is 0 Å². The molecule has 0 spiro atoms. The SMILES string of the molecule is C/C=C\C(C)C1OC1(C)C(C)C(CC)C(=O)C(CO)C(C)CC(=O)CC. The van der Waals surface area contributed by atoms with Crippen molar-refractivity contribution in [3.63, 3.8) is 0 Å². The summed E-state index contributed by atoms with van der Waals surface area (Å²) in [5.41, 5.74) is -0.308. The average Bonchev–Trinajstić information content (AvgIpc) is 3.29. The number of rotatable bonds is 12. The highest BCUT2D eigenvalue weighted by Gasteiger charge is 2.59. The number of hydrogen-bond acceptors (Lipinski definition) is 4. The van der Waals surface area contributed by atoms with E-state index in [4.69, 9.17) is 4.74 Å². The summed E-state index contributed by atoms with van der Waals surface area (Å²) < 4.78 is 6.05. The van der Waals surface area contributed by atoms with E-state index in [9.17, 15) is 14.7 Å². The molecule has 7 unspecified atom stereocenters. The number of carbonyl (C=O) groups is 2. The summed E-state index contributed by atoms with van der Waals surface area (Å²) in [5.74, 6) is -0.177. The van der Waals surface area contributed by atoms with Gasteiger partial charge in [0.15, 0.2) is 0 Å². The van der Waals surface area contributed by atoms with Crippen LogP contribution in [0.15, 0.2) is 12.2 Å². The van der Waals surface area contributed by atoms with Gasteiger partial charge in [-0.25, -0.2) is 0 Å². The smallest absolute Gasteiger partial charge is 0.141 e. The van der Waals surface area contributed by atoms with E-state index in [2.05, 4.69) is 26.8 Å². The quantitative estimate of drug-likeness (QED) is 0.415. The first kappa shape index (κ1) is 23.0. The first-order valence-electron chi connectivity index (χ1n) is 10.1. The number of Topliss-reactive ketones (excluding diaryl/α,β-unsaturated/α-hetero) is 2. The first-order valence-corrected chi connectivity index (χ1v) is 10.1. The van der Waals surface area contributed by atoms with Crippen molar-refractivity contribution >= 4 is 11.6 Å². The molecule has 26 heavy (non-hydrogen) atoms. The molecule has 0 aromatic carbocycles. The largest absolute Gasteiger partial charge is 0.396 e. The van der Waals surface area contributed by atoms with Crippen molar-refractivity contribution in [3.05, 3.63) is 12.2 Å². The highest BCUT2D eigenvalue weighted by atomic mass is 16.6. The zero-order valence-corrected chi connectivity index (χ0v) is 17.6. The van der Waals surface area contributed by atoms with E-state index in [-0.39, 0.29) is 47.6 Å². The Morgan fingerprint density at radius 3 is 2.27 bits per heavy atom. The molecule has 0 radical (unpaired) electrons. The monoisotopic (exact) mass is 366 g/mol. The second-order valence-electron chi connectivity index (χ2n) is 8.18. The number of epoxide rings is 1. The number of ketones is 2. The molecule has 1 aliphatic heterocycles. The fraction of sp³-hybridized carbons (Fsp3) is 0.818. The molecule has 0 aliphatic carbocycles. The summed E-state index contributed by atoms with van der Waals surface area (Å²) in [7, 11) is 0. The molecule has 1 fully saturated rings. The lowest BCUT2D eigenvalue weighted by atomic mass is 9.71. The molecule has 1 saturated heterocycles. The topological polar surface area (TPSA) is 66.9 Å². The Morgan fingerprint density at radius 1 is 1.19 bits per heavy atom. The molecule has 150 valence electrons. The molecular weight excluding hydrogens is 328 g/mol. The van der Waals surface area contributed by atoms with Crippen molar-refractivity contribution in [1.29, 1.82) is 0 Å². The van der Waals surface area contributed by atoms with Crippen LogP contribution >= 0.6 is 0 Å². The van der Waals surface area contributed by atoms with Crippen LogP contribution in [0.25, 0.3) is 0 Å². The molecule has 7 atom stereocenters. The molecule has 0 aromatic heterocycles. The Kier molecular flexibility index (Phi) is 8.68.